The van der Waals surface area contributed by atoms with Gasteiger partial charge in [0.1, 0.15) is 12.1 Å². The van der Waals surface area contributed by atoms with Crippen LogP contribution in [0.4, 0.5) is 10.5 Å². The molecule has 2 N–H and O–H groups in total. The molecule has 4 amide bonds. The van der Waals surface area contributed by atoms with E-state index in [9.17, 15) is 22.8 Å². The number of hydrogen-bond donors (Lipinski definition) is 2. The summed E-state index contributed by atoms with van der Waals surface area (Å²) in [5, 5.41) is 7.14. The first-order valence-corrected chi connectivity index (χ1v) is 14.1. The highest BCUT2D eigenvalue weighted by Gasteiger charge is 2.50. The second kappa shape index (κ2) is 10.1. The highest BCUT2D eigenvalue weighted by molar-refractivity contribution is 7.89. The third-order valence-electron chi connectivity index (χ3n) is 7.07. The molecular formula is C28H30N4O6S. The number of morpholine rings is 1. The number of amides is 4. The quantitative estimate of drug-likeness (QED) is 0.455. The van der Waals surface area contributed by atoms with Crippen LogP contribution in [0.15, 0.2) is 71.6 Å². The van der Waals surface area contributed by atoms with Crippen molar-refractivity contribution in [1.29, 1.82) is 0 Å². The number of nitrogens with zero attached hydrogens (tertiary/aromatic N) is 2. The number of carbonyl (C=O) groups excluding carboxylic acids is 3. The molecule has 0 radical (unpaired) electrons. The molecule has 10 nitrogen and oxygen atoms in total. The Bertz CT molecular complexity index is 1540. The van der Waals surface area contributed by atoms with Crippen LogP contribution in [-0.2, 0) is 29.9 Å². The van der Waals surface area contributed by atoms with Crippen molar-refractivity contribution in [2.45, 2.75) is 43.4 Å². The summed E-state index contributed by atoms with van der Waals surface area (Å²) in [5.41, 5.74) is -0.350. The molecular weight excluding hydrogens is 520 g/mol. The first kappa shape index (κ1) is 26.8. The van der Waals surface area contributed by atoms with Gasteiger partial charge in [-0.25, -0.2) is 13.2 Å². The van der Waals surface area contributed by atoms with Crippen molar-refractivity contribution in [2.24, 2.45) is 0 Å². The fraction of sp³-hybridized carbons (Fsp3) is 0.321. The van der Waals surface area contributed by atoms with Crippen LogP contribution < -0.4 is 10.6 Å². The maximum absolute atomic E-state index is 13.4. The lowest BCUT2D eigenvalue weighted by molar-refractivity contribution is -0.133. The summed E-state index contributed by atoms with van der Waals surface area (Å²) in [4.78, 5) is 40.0. The molecule has 0 saturated carbocycles. The van der Waals surface area contributed by atoms with Gasteiger partial charge in [0.2, 0.25) is 15.9 Å². The first-order valence-electron chi connectivity index (χ1n) is 12.7. The van der Waals surface area contributed by atoms with E-state index >= 15 is 0 Å². The molecule has 2 heterocycles. The molecule has 204 valence electrons. The molecule has 5 rings (SSSR count). The minimum atomic E-state index is -3.73. The van der Waals surface area contributed by atoms with Gasteiger partial charge in [0, 0.05) is 18.8 Å². The lowest BCUT2D eigenvalue weighted by Crippen LogP contribution is -2.48. The van der Waals surface area contributed by atoms with Gasteiger partial charge in [-0.1, -0.05) is 42.5 Å². The van der Waals surface area contributed by atoms with E-state index in [1.165, 1.54) is 28.6 Å². The Labute approximate surface area is 227 Å². The monoisotopic (exact) mass is 550 g/mol. The highest BCUT2D eigenvalue weighted by Crippen LogP contribution is 2.34. The van der Waals surface area contributed by atoms with Crippen LogP contribution in [0.1, 0.15) is 26.3 Å². The molecule has 11 heteroatoms. The number of benzene rings is 3. The van der Waals surface area contributed by atoms with E-state index in [1.54, 1.807) is 13.0 Å². The molecule has 2 fully saturated rings. The second-order valence-corrected chi connectivity index (χ2v) is 12.1. The van der Waals surface area contributed by atoms with Crippen LogP contribution in [-0.4, -0.2) is 67.3 Å². The van der Waals surface area contributed by atoms with Crippen molar-refractivity contribution in [3.63, 3.8) is 0 Å². The van der Waals surface area contributed by atoms with E-state index in [0.717, 1.165) is 15.7 Å². The Balaban J connectivity index is 1.27. The van der Waals surface area contributed by atoms with Crippen molar-refractivity contribution >= 4 is 44.3 Å². The number of sulfonamides is 1. The van der Waals surface area contributed by atoms with Gasteiger partial charge in [-0.15, -0.1) is 0 Å². The van der Waals surface area contributed by atoms with Gasteiger partial charge in [0.25, 0.3) is 5.91 Å². The Hall–Kier alpha value is -3.80. The third kappa shape index (κ3) is 5.00. The molecule has 0 spiro atoms. The smallest absolute Gasteiger partial charge is 0.325 e. The summed E-state index contributed by atoms with van der Waals surface area (Å²) in [5.74, 6) is -1.12. The van der Waals surface area contributed by atoms with Crippen LogP contribution >= 0.6 is 0 Å². The van der Waals surface area contributed by atoms with Crippen LogP contribution in [0.25, 0.3) is 10.8 Å². The summed E-state index contributed by atoms with van der Waals surface area (Å²) in [6, 6.07) is 18.2. The summed E-state index contributed by atoms with van der Waals surface area (Å²) < 4.78 is 33.2. The molecule has 3 unspecified atom stereocenters. The van der Waals surface area contributed by atoms with Crippen LogP contribution in [0.3, 0.4) is 0 Å². The average Bonchev–Trinajstić information content (AvgIpc) is 3.11. The highest BCUT2D eigenvalue weighted by atomic mass is 32.2. The zero-order valence-corrected chi connectivity index (χ0v) is 22.7. The lowest BCUT2D eigenvalue weighted by Gasteiger charge is -2.34. The molecule has 0 aromatic heterocycles. The number of hydrogen-bond acceptors (Lipinski definition) is 6. The summed E-state index contributed by atoms with van der Waals surface area (Å²) in [6.45, 7) is 5.31. The zero-order valence-electron chi connectivity index (χ0n) is 21.9. The molecule has 3 aromatic rings. The maximum Gasteiger partial charge on any atom is 0.325 e. The molecule has 2 aliphatic rings. The van der Waals surface area contributed by atoms with E-state index in [2.05, 4.69) is 10.6 Å². The van der Waals surface area contributed by atoms with Crippen molar-refractivity contribution in [3.05, 3.63) is 72.3 Å². The van der Waals surface area contributed by atoms with Crippen molar-refractivity contribution < 1.29 is 27.5 Å². The minimum absolute atomic E-state index is 0.0988. The van der Waals surface area contributed by atoms with Gasteiger partial charge in [0.05, 0.1) is 17.1 Å². The third-order valence-corrected chi connectivity index (χ3v) is 8.91. The van der Waals surface area contributed by atoms with Crippen molar-refractivity contribution in [3.8, 4) is 0 Å². The number of rotatable bonds is 6. The van der Waals surface area contributed by atoms with Gasteiger partial charge < -0.3 is 15.4 Å². The molecule has 0 aliphatic carbocycles. The topological polar surface area (TPSA) is 125 Å². The SMILES string of the molecule is CC1CN(S(=O)(=O)c2ccc(NC(=O)CN3C(=O)NC(C)(c4cccc5ccccc45)C3=O)cc2)CC(C)O1. The van der Waals surface area contributed by atoms with Crippen molar-refractivity contribution in [1.82, 2.24) is 14.5 Å². The second-order valence-electron chi connectivity index (χ2n) is 10.1. The maximum atomic E-state index is 13.4. The van der Waals surface area contributed by atoms with Crippen molar-refractivity contribution in [2.75, 3.05) is 25.0 Å². The van der Waals surface area contributed by atoms with Gasteiger partial charge in [-0.3, -0.25) is 14.5 Å². The predicted octanol–water partition coefficient (Wildman–Crippen LogP) is 3.04. The van der Waals surface area contributed by atoms with Gasteiger partial charge in [0.15, 0.2) is 0 Å². The number of ether oxygens (including phenoxy) is 1. The summed E-state index contributed by atoms with van der Waals surface area (Å²) >= 11 is 0. The standard InChI is InChI=1S/C28H30N4O6S/c1-18-15-31(16-19(2)38-18)39(36,37)22-13-11-21(12-14-22)29-25(33)17-32-26(34)28(3,30-27(32)35)24-10-6-8-20-7-4-5-9-23(20)24/h4-14,18-19H,15-17H2,1-3H3,(H,29,33)(H,30,35). The summed E-state index contributed by atoms with van der Waals surface area (Å²) in [6.07, 6.45) is -0.426. The zero-order chi connectivity index (χ0) is 27.9. The number of anilines is 1. The molecule has 2 saturated heterocycles. The fourth-order valence-corrected chi connectivity index (χ4v) is 6.81. The molecule has 3 atom stereocenters. The van der Waals surface area contributed by atoms with Gasteiger partial charge in [-0.2, -0.15) is 4.31 Å². The normalized spacial score (nSPS) is 24.1. The lowest BCUT2D eigenvalue weighted by atomic mass is 9.88. The Morgan fingerprint density at radius 1 is 1.00 bits per heavy atom. The first-order chi connectivity index (χ1) is 18.5. The fourth-order valence-electron chi connectivity index (χ4n) is 5.21. The average molecular weight is 551 g/mol. The molecule has 39 heavy (non-hydrogen) atoms. The van der Waals surface area contributed by atoms with Crippen LogP contribution in [0.5, 0.6) is 0 Å². The number of urea groups is 1. The number of imide groups is 1. The number of carbonyl (C=O) groups is 3. The number of fused-ring (bicyclic) bond motifs is 1. The van der Waals surface area contributed by atoms with E-state index in [1.807, 2.05) is 50.2 Å². The van der Waals surface area contributed by atoms with Crippen LogP contribution in [0, 0.1) is 0 Å². The van der Waals surface area contributed by atoms with E-state index in [4.69, 9.17) is 4.74 Å². The summed E-state index contributed by atoms with van der Waals surface area (Å²) in [7, 11) is -3.73. The minimum Gasteiger partial charge on any atom is -0.373 e. The van der Waals surface area contributed by atoms with E-state index in [-0.39, 0.29) is 30.2 Å². The van der Waals surface area contributed by atoms with E-state index in [0.29, 0.717) is 11.3 Å². The molecule has 3 aromatic carbocycles. The molecule has 0 bridgehead atoms. The number of nitrogens with one attached hydrogen (secondary N) is 2. The van der Waals surface area contributed by atoms with E-state index < -0.39 is 40.0 Å². The molecule has 2 aliphatic heterocycles. The predicted molar refractivity (Wildman–Crippen MR) is 145 cm³/mol. The largest absolute Gasteiger partial charge is 0.373 e. The Kier molecular flexibility index (Phi) is 6.91. The van der Waals surface area contributed by atoms with Gasteiger partial charge in [-0.05, 0) is 61.4 Å². The Morgan fingerprint density at radius 2 is 1.64 bits per heavy atom. The van der Waals surface area contributed by atoms with Gasteiger partial charge >= 0.3 is 6.03 Å². The Morgan fingerprint density at radius 3 is 2.33 bits per heavy atom. The van der Waals surface area contributed by atoms with Crippen LogP contribution in [0.2, 0.25) is 0 Å².